The van der Waals surface area contributed by atoms with Crippen LogP contribution >= 0.6 is 0 Å². The summed E-state index contributed by atoms with van der Waals surface area (Å²) in [6, 6.07) is 6.00. The summed E-state index contributed by atoms with van der Waals surface area (Å²) in [6.07, 6.45) is 7.49. The Morgan fingerprint density at radius 3 is 2.56 bits per heavy atom. The van der Waals surface area contributed by atoms with Gasteiger partial charge in [0.15, 0.2) is 0 Å². The molecule has 1 aliphatic heterocycles. The average Bonchev–Trinajstić information content (AvgIpc) is 2.85. The summed E-state index contributed by atoms with van der Waals surface area (Å²) >= 11 is 0. The molecule has 184 valence electrons. The zero-order valence-electron chi connectivity index (χ0n) is 21.3. The van der Waals surface area contributed by atoms with E-state index in [0.29, 0.717) is 37.4 Å². The number of piperidine rings is 1. The van der Waals surface area contributed by atoms with Crippen molar-refractivity contribution in [2.75, 3.05) is 38.8 Å². The van der Waals surface area contributed by atoms with Crippen LogP contribution < -0.4 is 20.4 Å². The zero-order chi connectivity index (χ0) is 24.5. The highest BCUT2D eigenvalue weighted by Crippen LogP contribution is 2.32. The monoisotopic (exact) mass is 466 g/mol. The second-order valence-electron chi connectivity index (χ2n) is 9.56. The van der Waals surface area contributed by atoms with Gasteiger partial charge in [-0.1, -0.05) is 25.4 Å². The maximum Gasteiger partial charge on any atom is 0.225 e. The van der Waals surface area contributed by atoms with Crippen molar-refractivity contribution in [2.45, 2.75) is 46.1 Å². The summed E-state index contributed by atoms with van der Waals surface area (Å²) < 4.78 is 11.2. The van der Waals surface area contributed by atoms with Crippen LogP contribution in [0.3, 0.4) is 0 Å². The standard InChI is InChI=1S/C26H39BN4O3/c1-18(9-12-34-23-6-5-22(24(27)14-23)13-25(32)28-3)19(2)21-7-10-31(11-8-21)26-29-15-20(16-30-26)17-33-4/h5-6,14-16,18-19,21H,7-13,17,27H2,1-4H3,(H,28,32). The minimum absolute atomic E-state index is 0.0259. The number of carbonyl (C=O) groups excluding carboxylic acids is 1. The third kappa shape index (κ3) is 7.19. The molecular weight excluding hydrogens is 427 g/mol. The van der Waals surface area contributed by atoms with E-state index >= 15 is 0 Å². The second-order valence-corrected chi connectivity index (χ2v) is 9.56. The van der Waals surface area contributed by atoms with Crippen LogP contribution in [-0.4, -0.2) is 57.6 Å². The van der Waals surface area contributed by atoms with Gasteiger partial charge < -0.3 is 19.7 Å². The highest BCUT2D eigenvalue weighted by atomic mass is 16.5. The molecule has 0 bridgehead atoms. The van der Waals surface area contributed by atoms with E-state index in [2.05, 4.69) is 34.0 Å². The van der Waals surface area contributed by atoms with Crippen molar-refractivity contribution in [3.05, 3.63) is 41.7 Å². The van der Waals surface area contributed by atoms with E-state index in [-0.39, 0.29) is 5.91 Å². The molecule has 1 aromatic heterocycles. The first-order chi connectivity index (χ1) is 16.4. The number of methoxy groups -OCH3 is 1. The van der Waals surface area contributed by atoms with Crippen molar-refractivity contribution in [3.63, 3.8) is 0 Å². The van der Waals surface area contributed by atoms with E-state index in [4.69, 9.17) is 9.47 Å². The van der Waals surface area contributed by atoms with Crippen LogP contribution in [0.4, 0.5) is 5.95 Å². The number of anilines is 1. The number of hydrogen-bond donors (Lipinski definition) is 1. The molecule has 1 fully saturated rings. The molecule has 1 aromatic carbocycles. The summed E-state index contributed by atoms with van der Waals surface area (Å²) in [7, 11) is 5.38. The summed E-state index contributed by atoms with van der Waals surface area (Å²) in [5.74, 6) is 3.68. The summed E-state index contributed by atoms with van der Waals surface area (Å²) in [6.45, 7) is 7.99. The largest absolute Gasteiger partial charge is 0.494 e. The van der Waals surface area contributed by atoms with Gasteiger partial charge >= 0.3 is 0 Å². The third-order valence-corrected chi connectivity index (χ3v) is 7.25. The quantitative estimate of drug-likeness (QED) is 0.512. The van der Waals surface area contributed by atoms with Crippen LogP contribution in [0.1, 0.15) is 44.2 Å². The average molecular weight is 466 g/mol. The van der Waals surface area contributed by atoms with E-state index < -0.39 is 0 Å². The van der Waals surface area contributed by atoms with Gasteiger partial charge in [0, 0.05) is 45.2 Å². The van der Waals surface area contributed by atoms with Crippen LogP contribution in [-0.2, 0) is 22.6 Å². The lowest BCUT2D eigenvalue weighted by molar-refractivity contribution is -0.119. The van der Waals surface area contributed by atoms with Gasteiger partial charge in [-0.15, -0.1) is 0 Å². The van der Waals surface area contributed by atoms with Gasteiger partial charge in [-0.25, -0.2) is 9.97 Å². The molecule has 1 amide bonds. The molecule has 8 heteroatoms. The Balaban J connectivity index is 1.41. The molecule has 2 aromatic rings. The Bertz CT molecular complexity index is 917. The van der Waals surface area contributed by atoms with Crippen molar-refractivity contribution in [2.24, 2.45) is 17.8 Å². The van der Waals surface area contributed by atoms with Crippen LogP contribution in [0.25, 0.3) is 0 Å². The van der Waals surface area contributed by atoms with E-state index in [1.807, 2.05) is 38.4 Å². The molecule has 3 rings (SSSR count). The highest BCUT2D eigenvalue weighted by Gasteiger charge is 2.28. The molecule has 0 radical (unpaired) electrons. The Labute approximate surface area is 205 Å². The number of nitrogens with zero attached hydrogens (tertiary/aromatic N) is 3. The molecule has 0 spiro atoms. The van der Waals surface area contributed by atoms with Gasteiger partial charge in [0.1, 0.15) is 13.6 Å². The van der Waals surface area contributed by atoms with Gasteiger partial charge in [-0.05, 0) is 54.7 Å². The smallest absolute Gasteiger partial charge is 0.225 e. The van der Waals surface area contributed by atoms with E-state index in [1.54, 1.807) is 14.2 Å². The van der Waals surface area contributed by atoms with Gasteiger partial charge in [0.05, 0.1) is 19.6 Å². The molecule has 2 heterocycles. The molecule has 1 saturated heterocycles. The Morgan fingerprint density at radius 1 is 1.24 bits per heavy atom. The Morgan fingerprint density at radius 2 is 1.94 bits per heavy atom. The maximum absolute atomic E-state index is 11.6. The molecule has 2 atom stereocenters. The minimum Gasteiger partial charge on any atom is -0.494 e. The Kier molecular flexibility index (Phi) is 9.75. The molecular formula is C26H39BN4O3. The van der Waals surface area contributed by atoms with Crippen molar-refractivity contribution < 1.29 is 14.3 Å². The van der Waals surface area contributed by atoms with Crippen LogP contribution in [0.15, 0.2) is 30.6 Å². The van der Waals surface area contributed by atoms with Crippen molar-refractivity contribution >= 4 is 25.2 Å². The number of benzene rings is 1. The summed E-state index contributed by atoms with van der Waals surface area (Å²) in [5.41, 5.74) is 3.13. The number of aromatic nitrogens is 2. The number of hydrogen-bond acceptors (Lipinski definition) is 6. The van der Waals surface area contributed by atoms with Crippen molar-refractivity contribution in [3.8, 4) is 5.75 Å². The van der Waals surface area contributed by atoms with Crippen LogP contribution in [0.5, 0.6) is 5.75 Å². The fraction of sp³-hybridized carbons (Fsp3) is 0.577. The van der Waals surface area contributed by atoms with Gasteiger partial charge in [-0.3, -0.25) is 4.79 Å². The Hall–Kier alpha value is -2.61. The molecule has 1 aliphatic rings. The first kappa shape index (κ1) is 26.0. The number of nitrogens with one attached hydrogen (secondary N) is 1. The molecule has 7 nitrogen and oxygen atoms in total. The van der Waals surface area contributed by atoms with E-state index in [1.165, 1.54) is 12.8 Å². The number of rotatable bonds is 11. The van der Waals surface area contributed by atoms with Crippen molar-refractivity contribution in [1.29, 1.82) is 0 Å². The fourth-order valence-corrected chi connectivity index (χ4v) is 4.69. The van der Waals surface area contributed by atoms with Gasteiger partial charge in [-0.2, -0.15) is 0 Å². The number of carbonyl (C=O) groups is 1. The zero-order valence-corrected chi connectivity index (χ0v) is 21.3. The van der Waals surface area contributed by atoms with E-state index in [9.17, 15) is 4.79 Å². The summed E-state index contributed by atoms with van der Waals surface area (Å²) in [5, 5.41) is 2.67. The number of ether oxygens (including phenoxy) is 2. The first-order valence-corrected chi connectivity index (χ1v) is 12.4. The third-order valence-electron chi connectivity index (χ3n) is 7.25. The second kappa shape index (κ2) is 12.7. The topological polar surface area (TPSA) is 76.6 Å². The maximum atomic E-state index is 11.6. The van der Waals surface area contributed by atoms with Gasteiger partial charge in [0.25, 0.3) is 0 Å². The predicted octanol–water partition coefficient (Wildman–Crippen LogP) is 2.13. The van der Waals surface area contributed by atoms with Crippen LogP contribution in [0, 0.1) is 17.8 Å². The number of amides is 1. The fourth-order valence-electron chi connectivity index (χ4n) is 4.69. The molecule has 34 heavy (non-hydrogen) atoms. The lowest BCUT2D eigenvalue weighted by Gasteiger charge is -2.37. The normalized spacial score (nSPS) is 16.2. The molecule has 0 saturated carbocycles. The first-order valence-electron chi connectivity index (χ1n) is 12.4. The van der Waals surface area contributed by atoms with Gasteiger partial charge in [0.2, 0.25) is 11.9 Å². The SMILES string of the molecule is Bc1cc(OCCC(C)C(C)C2CCN(c3ncc(COC)cn3)CC2)ccc1CC(=O)NC. The summed E-state index contributed by atoms with van der Waals surface area (Å²) in [4.78, 5) is 23.0. The lowest BCUT2D eigenvalue weighted by atomic mass is 9.77. The molecule has 1 N–H and O–H groups in total. The van der Waals surface area contributed by atoms with Crippen LogP contribution in [0.2, 0.25) is 0 Å². The molecule has 2 unspecified atom stereocenters. The van der Waals surface area contributed by atoms with Crippen molar-refractivity contribution in [1.82, 2.24) is 15.3 Å². The highest BCUT2D eigenvalue weighted by molar-refractivity contribution is 6.33. The lowest BCUT2D eigenvalue weighted by Crippen LogP contribution is -2.38. The number of likely N-dealkylation sites (N-methyl/N-ethyl adjacent to an activating group) is 1. The molecule has 0 aliphatic carbocycles. The minimum atomic E-state index is 0.0259. The van der Waals surface area contributed by atoms with E-state index in [0.717, 1.165) is 47.8 Å². The predicted molar refractivity (Wildman–Crippen MR) is 139 cm³/mol.